The number of amides is 3. The zero-order valence-electron chi connectivity index (χ0n) is 24.4. The van der Waals surface area contributed by atoms with Crippen molar-refractivity contribution in [3.8, 4) is 0 Å². The maximum atomic E-state index is 13.2. The average molecular weight is 727 g/mol. The van der Waals surface area contributed by atoms with Crippen LogP contribution in [0.4, 0.5) is 4.79 Å². The van der Waals surface area contributed by atoms with Gasteiger partial charge in [-0.15, -0.1) is 11.8 Å². The Morgan fingerprint density at radius 1 is 1.26 bits per heavy atom. The molecule has 234 valence electrons. The van der Waals surface area contributed by atoms with Gasteiger partial charge in [-0.05, 0) is 38.3 Å². The van der Waals surface area contributed by atoms with Gasteiger partial charge in [0.05, 0.1) is 24.6 Å². The molecule has 4 rings (SSSR count). The minimum absolute atomic E-state index is 0.00404. The van der Waals surface area contributed by atoms with Gasteiger partial charge in [0, 0.05) is 34.9 Å². The standard InChI is InChI=1S/C30H39IN4O7S/c1-5-13-41-28(39)25-26(18(3)24-23(19(4)36)27(38)35(24)25)43-21-15-20(34(16-21)29(40)42-14-6-2)9-11-30(31)10-7-8-12-33(30)17-22(32)37/h5-8,10,12,18-21,23-24,36H,1-2,9,11,13-17H2,3-4H3,(H2,32,37)/t18-,19-,20-,21+,23-,24-,30?/m1/s1. The first kappa shape index (κ1) is 33.1. The van der Waals surface area contributed by atoms with E-state index in [2.05, 4.69) is 35.7 Å². The van der Waals surface area contributed by atoms with Crippen LogP contribution in [0.25, 0.3) is 0 Å². The highest BCUT2D eigenvalue weighted by Gasteiger charge is 2.60. The number of nitrogens with zero attached hydrogens (tertiary/aromatic N) is 3. The molecule has 0 aromatic heterocycles. The normalized spacial score (nSPS) is 30.2. The fourth-order valence-electron chi connectivity index (χ4n) is 6.25. The number of primary amides is 1. The van der Waals surface area contributed by atoms with Crippen LogP contribution < -0.4 is 5.73 Å². The average Bonchev–Trinajstić information content (AvgIpc) is 3.47. The number of thioether (sulfide) groups is 1. The van der Waals surface area contributed by atoms with Crippen LogP contribution in [0.3, 0.4) is 0 Å². The largest absolute Gasteiger partial charge is 0.457 e. The third-order valence-corrected chi connectivity index (χ3v) is 11.2. The number of fused-ring (bicyclic) bond motifs is 1. The zero-order chi connectivity index (χ0) is 31.5. The first-order valence-electron chi connectivity index (χ1n) is 14.3. The molecular formula is C30H39IN4O7S. The maximum absolute atomic E-state index is 13.2. The van der Waals surface area contributed by atoms with E-state index in [9.17, 15) is 24.3 Å². The summed E-state index contributed by atoms with van der Waals surface area (Å²) in [4.78, 5) is 56.9. The number of halogens is 1. The van der Waals surface area contributed by atoms with Crippen molar-refractivity contribution in [2.45, 2.75) is 60.1 Å². The van der Waals surface area contributed by atoms with E-state index >= 15 is 0 Å². The molecule has 3 N–H and O–H groups in total. The summed E-state index contributed by atoms with van der Waals surface area (Å²) in [6, 6.07) is -0.512. The van der Waals surface area contributed by atoms with Crippen molar-refractivity contribution < 1.29 is 33.8 Å². The first-order chi connectivity index (χ1) is 20.4. The molecule has 43 heavy (non-hydrogen) atoms. The Labute approximate surface area is 270 Å². The minimum Gasteiger partial charge on any atom is -0.457 e. The fourth-order valence-corrected chi connectivity index (χ4v) is 8.66. The van der Waals surface area contributed by atoms with E-state index in [4.69, 9.17) is 15.2 Å². The molecule has 0 aromatic carbocycles. The van der Waals surface area contributed by atoms with Gasteiger partial charge in [-0.2, -0.15) is 0 Å². The van der Waals surface area contributed by atoms with Crippen molar-refractivity contribution in [1.82, 2.24) is 14.7 Å². The molecule has 11 nitrogen and oxygen atoms in total. The van der Waals surface area contributed by atoms with E-state index in [1.54, 1.807) is 11.8 Å². The van der Waals surface area contributed by atoms with Crippen LogP contribution in [-0.4, -0.2) is 97.0 Å². The quantitative estimate of drug-likeness (QED) is 0.0732. The van der Waals surface area contributed by atoms with Crippen LogP contribution in [-0.2, 0) is 23.9 Å². The number of carbonyl (C=O) groups is 4. The number of allylic oxidation sites excluding steroid dienone is 2. The van der Waals surface area contributed by atoms with E-state index in [1.807, 2.05) is 36.3 Å². The topological polar surface area (TPSA) is 143 Å². The molecule has 4 aliphatic heterocycles. The summed E-state index contributed by atoms with van der Waals surface area (Å²) in [5.41, 5.74) is 5.70. The van der Waals surface area contributed by atoms with Gasteiger partial charge in [0.2, 0.25) is 11.8 Å². The number of alkyl halides is 1. The summed E-state index contributed by atoms with van der Waals surface area (Å²) >= 11 is 3.79. The van der Waals surface area contributed by atoms with Crippen LogP contribution >= 0.6 is 34.4 Å². The predicted octanol–water partition coefficient (Wildman–Crippen LogP) is 3.07. The SMILES string of the molecule is C=CCOC(=O)C1=C(S[C@H]2C[C@@H](CCC3(I)C=CC=CN3CC(N)=O)N(C(=O)OCC=C)C2)[C@H](C)[C@@H]2[C@@H]([C@@H](C)O)C(=O)N12. The van der Waals surface area contributed by atoms with Gasteiger partial charge >= 0.3 is 12.1 Å². The Bertz CT molecular complexity index is 1250. The molecular weight excluding hydrogens is 687 g/mol. The maximum Gasteiger partial charge on any atom is 0.410 e. The molecule has 13 heteroatoms. The van der Waals surface area contributed by atoms with Crippen LogP contribution in [0.1, 0.15) is 33.1 Å². The van der Waals surface area contributed by atoms with E-state index in [-0.39, 0.29) is 54.6 Å². The summed E-state index contributed by atoms with van der Waals surface area (Å²) < 4.78 is 10.3. The molecule has 1 unspecified atom stereocenters. The van der Waals surface area contributed by atoms with Crippen molar-refractivity contribution in [3.63, 3.8) is 0 Å². The lowest BCUT2D eigenvalue weighted by molar-refractivity contribution is -0.164. The molecule has 4 aliphatic rings. The number of aliphatic hydroxyl groups excluding tert-OH is 1. The Hall–Kier alpha value is -2.78. The smallest absolute Gasteiger partial charge is 0.410 e. The Balaban J connectivity index is 1.56. The number of rotatable bonds is 13. The summed E-state index contributed by atoms with van der Waals surface area (Å²) in [6.45, 7) is 11.3. The zero-order valence-corrected chi connectivity index (χ0v) is 27.4. The van der Waals surface area contributed by atoms with Crippen molar-refractivity contribution in [2.75, 3.05) is 26.3 Å². The number of hydrogen-bond donors (Lipinski definition) is 2. The highest BCUT2D eigenvalue weighted by Crippen LogP contribution is 2.52. The van der Waals surface area contributed by atoms with E-state index < -0.39 is 33.5 Å². The first-order valence-corrected chi connectivity index (χ1v) is 16.2. The number of β-lactam (4-membered cyclic amide) rings is 1. The van der Waals surface area contributed by atoms with Gasteiger partial charge in [0.15, 0.2) is 0 Å². The van der Waals surface area contributed by atoms with E-state index in [0.29, 0.717) is 25.8 Å². The molecule has 0 aromatic rings. The summed E-state index contributed by atoms with van der Waals surface area (Å²) in [5.74, 6) is -2.14. The Morgan fingerprint density at radius 3 is 2.60 bits per heavy atom. The molecule has 0 saturated carbocycles. The second-order valence-electron chi connectivity index (χ2n) is 11.2. The molecule has 2 saturated heterocycles. The third kappa shape index (κ3) is 6.83. The van der Waals surface area contributed by atoms with Crippen molar-refractivity contribution in [1.29, 1.82) is 0 Å². The summed E-state index contributed by atoms with van der Waals surface area (Å²) in [6.07, 6.45) is 11.2. The highest BCUT2D eigenvalue weighted by atomic mass is 127. The second kappa shape index (κ2) is 13.9. The Kier molecular flexibility index (Phi) is 10.7. The number of likely N-dealkylation sites (tertiary alicyclic amines) is 1. The summed E-state index contributed by atoms with van der Waals surface area (Å²) in [5, 5.41) is 10.2. The van der Waals surface area contributed by atoms with Crippen LogP contribution in [0.2, 0.25) is 0 Å². The summed E-state index contributed by atoms with van der Waals surface area (Å²) in [7, 11) is 0. The van der Waals surface area contributed by atoms with Gasteiger partial charge in [0.1, 0.15) is 22.5 Å². The third-order valence-electron chi connectivity index (χ3n) is 8.22. The van der Waals surface area contributed by atoms with Crippen LogP contribution in [0, 0.1) is 11.8 Å². The molecule has 0 bridgehead atoms. The molecule has 2 fully saturated rings. The Morgan fingerprint density at radius 2 is 1.95 bits per heavy atom. The van der Waals surface area contributed by atoms with Crippen molar-refractivity contribution in [2.24, 2.45) is 17.6 Å². The van der Waals surface area contributed by atoms with Crippen molar-refractivity contribution >= 4 is 58.2 Å². The number of esters is 1. The monoisotopic (exact) mass is 726 g/mol. The second-order valence-corrected chi connectivity index (χ2v) is 14.4. The molecule has 0 spiro atoms. The van der Waals surface area contributed by atoms with Gasteiger partial charge < -0.3 is 35.0 Å². The lowest BCUT2D eigenvalue weighted by Gasteiger charge is -2.46. The molecule has 7 atom stereocenters. The van der Waals surface area contributed by atoms with Crippen LogP contribution in [0.5, 0.6) is 0 Å². The fraction of sp³-hybridized carbons (Fsp3) is 0.533. The number of hydrogen-bond acceptors (Lipinski definition) is 9. The molecule has 4 heterocycles. The van der Waals surface area contributed by atoms with E-state index in [0.717, 1.165) is 4.91 Å². The van der Waals surface area contributed by atoms with Crippen molar-refractivity contribution in [3.05, 3.63) is 60.3 Å². The highest BCUT2D eigenvalue weighted by molar-refractivity contribution is 14.1. The lowest BCUT2D eigenvalue weighted by Crippen LogP contribution is -2.63. The van der Waals surface area contributed by atoms with Gasteiger partial charge in [0.25, 0.3) is 0 Å². The van der Waals surface area contributed by atoms with E-state index in [1.165, 1.54) is 28.8 Å². The van der Waals surface area contributed by atoms with Gasteiger partial charge in [-0.25, -0.2) is 9.59 Å². The van der Waals surface area contributed by atoms with Gasteiger partial charge in [-0.1, -0.05) is 60.9 Å². The lowest BCUT2D eigenvalue weighted by atomic mass is 9.79. The number of carbonyl (C=O) groups excluding carboxylic acids is 4. The molecule has 3 amide bonds. The number of ether oxygens (including phenoxy) is 2. The molecule has 0 radical (unpaired) electrons. The predicted molar refractivity (Wildman–Crippen MR) is 171 cm³/mol. The number of aliphatic hydroxyl groups is 1. The van der Waals surface area contributed by atoms with Gasteiger partial charge in [-0.3, -0.25) is 9.59 Å². The minimum atomic E-state index is -0.851. The molecule has 0 aliphatic carbocycles. The number of nitrogens with two attached hydrogens (primary N) is 1. The van der Waals surface area contributed by atoms with Crippen LogP contribution in [0.15, 0.2) is 60.3 Å².